The van der Waals surface area contributed by atoms with E-state index in [9.17, 15) is 9.59 Å². The van der Waals surface area contributed by atoms with Gasteiger partial charge in [-0.25, -0.2) is 9.59 Å². The van der Waals surface area contributed by atoms with Crippen LogP contribution in [-0.4, -0.2) is 64.1 Å². The first kappa shape index (κ1) is 20.5. The Kier molecular flexibility index (Phi) is 7.39. The minimum absolute atomic E-state index is 0.0160. The summed E-state index contributed by atoms with van der Waals surface area (Å²) in [5.41, 5.74) is 0.519. The minimum Gasteiger partial charge on any atom is -0.493 e. The lowest BCUT2D eigenvalue weighted by Crippen LogP contribution is -2.47. The predicted molar refractivity (Wildman–Crippen MR) is 99.9 cm³/mol. The molecule has 0 unspecified atom stereocenters. The van der Waals surface area contributed by atoms with Gasteiger partial charge in [-0.05, 0) is 19.8 Å². The summed E-state index contributed by atoms with van der Waals surface area (Å²) < 4.78 is 20.8. The molecule has 0 bridgehead atoms. The fourth-order valence-electron chi connectivity index (χ4n) is 2.93. The normalized spacial score (nSPS) is 14.3. The first-order chi connectivity index (χ1) is 13.0. The maximum atomic E-state index is 12.3. The monoisotopic (exact) mass is 381 g/mol. The number of urea groups is 1. The maximum absolute atomic E-state index is 12.3. The van der Waals surface area contributed by atoms with Crippen LogP contribution in [0.5, 0.6) is 17.2 Å². The summed E-state index contributed by atoms with van der Waals surface area (Å²) in [6.07, 6.45) is 1.03. The Balaban J connectivity index is 1.92. The highest BCUT2D eigenvalue weighted by atomic mass is 16.6. The standard InChI is InChI=1S/C18H27N3O6/c1-5-27-18(23)21-8-6-12(7-9-21)19-17(22)20-13-10-14(24-2)16(26-4)15(11-13)25-3/h10-12H,5-9H2,1-4H3,(H2,19,20,22). The van der Waals surface area contributed by atoms with Gasteiger partial charge < -0.3 is 34.5 Å². The number of nitrogens with zero attached hydrogens (tertiary/aromatic N) is 1. The predicted octanol–water partition coefficient (Wildman–Crippen LogP) is 2.45. The van der Waals surface area contributed by atoms with E-state index in [0.29, 0.717) is 55.5 Å². The molecule has 1 fully saturated rings. The van der Waals surface area contributed by atoms with Gasteiger partial charge in [0.05, 0.1) is 33.6 Å². The topological polar surface area (TPSA) is 98.4 Å². The highest BCUT2D eigenvalue weighted by Crippen LogP contribution is 2.39. The lowest BCUT2D eigenvalue weighted by Gasteiger charge is -2.31. The van der Waals surface area contributed by atoms with Crippen LogP contribution in [-0.2, 0) is 4.74 Å². The Morgan fingerprint density at radius 1 is 1.07 bits per heavy atom. The zero-order valence-electron chi connectivity index (χ0n) is 16.2. The van der Waals surface area contributed by atoms with Gasteiger partial charge in [-0.1, -0.05) is 0 Å². The number of hydrogen-bond donors (Lipinski definition) is 2. The first-order valence-corrected chi connectivity index (χ1v) is 8.81. The molecule has 2 N–H and O–H groups in total. The molecule has 3 amide bonds. The summed E-state index contributed by atoms with van der Waals surface area (Å²) in [4.78, 5) is 25.7. The van der Waals surface area contributed by atoms with Crippen LogP contribution in [0.15, 0.2) is 12.1 Å². The van der Waals surface area contributed by atoms with Crippen molar-refractivity contribution in [2.75, 3.05) is 46.3 Å². The number of carbonyl (C=O) groups is 2. The number of nitrogens with one attached hydrogen (secondary N) is 2. The zero-order chi connectivity index (χ0) is 19.8. The molecule has 9 nitrogen and oxygen atoms in total. The smallest absolute Gasteiger partial charge is 0.409 e. The van der Waals surface area contributed by atoms with Gasteiger partial charge in [0.1, 0.15) is 0 Å². The van der Waals surface area contributed by atoms with Crippen molar-refractivity contribution in [1.29, 1.82) is 0 Å². The molecule has 1 aromatic rings. The second kappa shape index (κ2) is 9.75. The van der Waals surface area contributed by atoms with Crippen molar-refractivity contribution in [3.63, 3.8) is 0 Å². The van der Waals surface area contributed by atoms with Crippen molar-refractivity contribution in [2.24, 2.45) is 0 Å². The number of ether oxygens (including phenoxy) is 4. The molecule has 9 heteroatoms. The second-order valence-electron chi connectivity index (χ2n) is 5.97. The van der Waals surface area contributed by atoms with Crippen LogP contribution in [0.25, 0.3) is 0 Å². The molecule has 0 atom stereocenters. The van der Waals surface area contributed by atoms with Crippen LogP contribution < -0.4 is 24.8 Å². The average Bonchev–Trinajstić information content (AvgIpc) is 2.67. The lowest BCUT2D eigenvalue weighted by molar-refractivity contribution is 0.0959. The molecule has 0 aliphatic carbocycles. The summed E-state index contributed by atoms with van der Waals surface area (Å²) in [6.45, 7) is 3.23. The number of methoxy groups -OCH3 is 3. The largest absolute Gasteiger partial charge is 0.493 e. The van der Waals surface area contributed by atoms with Crippen LogP contribution in [0.1, 0.15) is 19.8 Å². The molecular weight excluding hydrogens is 354 g/mol. The molecule has 150 valence electrons. The maximum Gasteiger partial charge on any atom is 0.409 e. The first-order valence-electron chi connectivity index (χ1n) is 8.81. The molecule has 1 aromatic carbocycles. The Hall–Kier alpha value is -2.84. The van der Waals surface area contributed by atoms with Gasteiger partial charge in [-0.2, -0.15) is 0 Å². The number of likely N-dealkylation sites (tertiary alicyclic amines) is 1. The van der Waals surface area contributed by atoms with Gasteiger partial charge in [0.2, 0.25) is 5.75 Å². The van der Waals surface area contributed by atoms with Crippen LogP contribution in [0, 0.1) is 0 Å². The highest BCUT2D eigenvalue weighted by Gasteiger charge is 2.24. The van der Waals surface area contributed by atoms with Gasteiger partial charge >= 0.3 is 12.1 Å². The van der Waals surface area contributed by atoms with Crippen molar-refractivity contribution >= 4 is 17.8 Å². The van der Waals surface area contributed by atoms with E-state index in [-0.39, 0.29) is 18.2 Å². The van der Waals surface area contributed by atoms with Crippen LogP contribution in [0.3, 0.4) is 0 Å². The third kappa shape index (κ3) is 5.32. The van der Waals surface area contributed by atoms with Crippen molar-refractivity contribution in [3.8, 4) is 17.2 Å². The third-order valence-electron chi connectivity index (χ3n) is 4.28. The number of benzene rings is 1. The average molecular weight is 381 g/mol. The summed E-state index contributed by atoms with van der Waals surface area (Å²) in [5, 5.41) is 5.69. The zero-order valence-corrected chi connectivity index (χ0v) is 16.2. The number of amides is 3. The van der Waals surface area contributed by atoms with E-state index in [1.807, 2.05) is 0 Å². The van der Waals surface area contributed by atoms with E-state index in [1.54, 1.807) is 24.0 Å². The van der Waals surface area contributed by atoms with Crippen LogP contribution in [0.2, 0.25) is 0 Å². The molecule has 0 spiro atoms. The molecule has 1 heterocycles. The molecule has 1 saturated heterocycles. The van der Waals surface area contributed by atoms with E-state index >= 15 is 0 Å². The minimum atomic E-state index is -0.334. The fourth-order valence-corrected chi connectivity index (χ4v) is 2.93. The van der Waals surface area contributed by atoms with Gasteiger partial charge in [0.15, 0.2) is 11.5 Å². The Bertz CT molecular complexity index is 633. The van der Waals surface area contributed by atoms with Gasteiger partial charge in [-0.3, -0.25) is 0 Å². The highest BCUT2D eigenvalue weighted by molar-refractivity contribution is 5.90. The van der Waals surface area contributed by atoms with Gasteiger partial charge in [0.25, 0.3) is 0 Å². The summed E-state index contributed by atoms with van der Waals surface area (Å²) in [7, 11) is 4.54. The molecule has 1 aliphatic rings. The van der Waals surface area contributed by atoms with Crippen LogP contribution >= 0.6 is 0 Å². The molecular formula is C18H27N3O6. The molecule has 0 aromatic heterocycles. The number of carbonyl (C=O) groups excluding carboxylic acids is 2. The quantitative estimate of drug-likeness (QED) is 0.785. The number of rotatable bonds is 6. The lowest BCUT2D eigenvalue weighted by atomic mass is 10.1. The van der Waals surface area contributed by atoms with E-state index < -0.39 is 0 Å². The van der Waals surface area contributed by atoms with E-state index in [1.165, 1.54) is 21.3 Å². The van der Waals surface area contributed by atoms with E-state index in [0.717, 1.165) is 0 Å². The SMILES string of the molecule is CCOC(=O)N1CCC(NC(=O)Nc2cc(OC)c(OC)c(OC)c2)CC1. The summed E-state index contributed by atoms with van der Waals surface area (Å²) >= 11 is 0. The van der Waals surface area contributed by atoms with E-state index in [2.05, 4.69) is 10.6 Å². The number of anilines is 1. The molecule has 1 aliphatic heterocycles. The number of hydrogen-bond acceptors (Lipinski definition) is 6. The van der Waals surface area contributed by atoms with Crippen molar-refractivity contribution in [2.45, 2.75) is 25.8 Å². The Labute approximate surface area is 158 Å². The summed E-state index contributed by atoms with van der Waals surface area (Å²) in [6, 6.07) is 2.96. The second-order valence-corrected chi connectivity index (χ2v) is 5.97. The van der Waals surface area contributed by atoms with Gasteiger partial charge in [0, 0.05) is 31.3 Å². The Morgan fingerprint density at radius 3 is 2.15 bits per heavy atom. The molecule has 27 heavy (non-hydrogen) atoms. The van der Waals surface area contributed by atoms with Crippen molar-refractivity contribution < 1.29 is 28.5 Å². The van der Waals surface area contributed by atoms with E-state index in [4.69, 9.17) is 18.9 Å². The van der Waals surface area contributed by atoms with Gasteiger partial charge in [-0.15, -0.1) is 0 Å². The fraction of sp³-hybridized carbons (Fsp3) is 0.556. The third-order valence-corrected chi connectivity index (χ3v) is 4.28. The van der Waals surface area contributed by atoms with Crippen molar-refractivity contribution in [3.05, 3.63) is 12.1 Å². The molecule has 0 radical (unpaired) electrons. The number of piperidine rings is 1. The molecule has 0 saturated carbocycles. The summed E-state index contributed by atoms with van der Waals surface area (Å²) in [5.74, 6) is 1.36. The van der Waals surface area contributed by atoms with Crippen LogP contribution in [0.4, 0.5) is 15.3 Å². The van der Waals surface area contributed by atoms with Crippen molar-refractivity contribution in [1.82, 2.24) is 10.2 Å². The molecule has 2 rings (SSSR count). The Morgan fingerprint density at radius 2 is 1.67 bits per heavy atom.